The van der Waals surface area contributed by atoms with Gasteiger partial charge in [-0.15, -0.1) is 0 Å². The molecular formula is C17H19Cl2N3O. The van der Waals surface area contributed by atoms with E-state index in [-0.39, 0.29) is 5.60 Å². The van der Waals surface area contributed by atoms with Crippen LogP contribution in [-0.2, 0) is 4.84 Å². The summed E-state index contributed by atoms with van der Waals surface area (Å²) >= 11 is 12.7. The third-order valence-electron chi connectivity index (χ3n) is 2.83. The Morgan fingerprint density at radius 1 is 1.17 bits per heavy atom. The van der Waals surface area contributed by atoms with Gasteiger partial charge in [0, 0.05) is 11.8 Å². The summed E-state index contributed by atoms with van der Waals surface area (Å²) in [4.78, 5) is 9.63. The third-order valence-corrected chi connectivity index (χ3v) is 3.43. The quantitative estimate of drug-likeness (QED) is 0.569. The van der Waals surface area contributed by atoms with Crippen molar-refractivity contribution in [1.29, 1.82) is 0 Å². The first-order chi connectivity index (χ1) is 10.8. The zero-order chi connectivity index (χ0) is 17.0. The van der Waals surface area contributed by atoms with E-state index in [1.54, 1.807) is 18.3 Å². The Morgan fingerprint density at radius 2 is 1.83 bits per heavy atom. The summed E-state index contributed by atoms with van der Waals surface area (Å²) in [5, 5.41) is 8.22. The zero-order valence-corrected chi connectivity index (χ0v) is 15.0. The van der Waals surface area contributed by atoms with Gasteiger partial charge in [0.05, 0.1) is 21.4 Å². The van der Waals surface area contributed by atoms with E-state index in [0.29, 0.717) is 27.3 Å². The molecule has 1 heterocycles. The Balaban J connectivity index is 2.27. The zero-order valence-electron chi connectivity index (χ0n) is 13.5. The summed E-state index contributed by atoms with van der Waals surface area (Å²) in [7, 11) is 0. The molecule has 0 radical (unpaired) electrons. The van der Waals surface area contributed by atoms with Crippen LogP contribution in [0.25, 0.3) is 0 Å². The Morgan fingerprint density at radius 3 is 2.35 bits per heavy atom. The average Bonchev–Trinajstić information content (AvgIpc) is 2.48. The van der Waals surface area contributed by atoms with Crippen LogP contribution in [0.4, 0.5) is 11.5 Å². The fraction of sp³-hybridized carbons (Fsp3) is 0.294. The molecule has 0 fully saturated rings. The number of benzene rings is 1. The van der Waals surface area contributed by atoms with Crippen LogP contribution in [0.1, 0.15) is 33.3 Å². The third kappa shape index (κ3) is 5.12. The van der Waals surface area contributed by atoms with E-state index in [1.807, 2.05) is 45.9 Å². The lowest BCUT2D eigenvalue weighted by atomic mass is 10.1. The second-order valence-corrected chi connectivity index (χ2v) is 6.85. The first-order valence-electron chi connectivity index (χ1n) is 7.16. The van der Waals surface area contributed by atoms with Crippen molar-refractivity contribution in [2.45, 2.75) is 33.3 Å². The van der Waals surface area contributed by atoms with Crippen LogP contribution in [0.3, 0.4) is 0 Å². The number of oxime groups is 1. The molecule has 23 heavy (non-hydrogen) atoms. The lowest BCUT2D eigenvalue weighted by molar-refractivity contribution is 0.000956. The number of nitrogens with zero attached hydrogens (tertiary/aromatic N) is 2. The predicted octanol–water partition coefficient (Wildman–Crippen LogP) is 5.67. The molecule has 0 aliphatic heterocycles. The molecule has 0 atom stereocenters. The molecule has 0 saturated heterocycles. The molecule has 4 nitrogen and oxygen atoms in total. The molecule has 1 aromatic carbocycles. The van der Waals surface area contributed by atoms with Crippen molar-refractivity contribution in [2.75, 3.05) is 5.32 Å². The van der Waals surface area contributed by atoms with Gasteiger partial charge in [-0.25, -0.2) is 4.98 Å². The molecule has 0 aliphatic carbocycles. The van der Waals surface area contributed by atoms with Crippen LogP contribution >= 0.6 is 23.2 Å². The van der Waals surface area contributed by atoms with Crippen LogP contribution in [0.15, 0.2) is 41.7 Å². The van der Waals surface area contributed by atoms with Crippen molar-refractivity contribution in [3.8, 4) is 0 Å². The largest absolute Gasteiger partial charge is 0.390 e. The molecule has 2 rings (SSSR count). The molecule has 1 aromatic heterocycles. The van der Waals surface area contributed by atoms with E-state index >= 15 is 0 Å². The van der Waals surface area contributed by atoms with Crippen LogP contribution < -0.4 is 5.32 Å². The summed E-state index contributed by atoms with van der Waals surface area (Å²) in [6.45, 7) is 7.65. The van der Waals surface area contributed by atoms with Gasteiger partial charge in [-0.05, 0) is 52.0 Å². The standard InChI is InChI=1S/C17H19Cl2N3O/c1-11(22-23-17(2,3)4)12-9-13(18)16(14(19)10-12)21-15-7-5-6-8-20-15/h5-10H,1-4H3,(H,20,21). The molecule has 0 spiro atoms. The van der Waals surface area contributed by atoms with Gasteiger partial charge < -0.3 is 10.2 Å². The predicted molar refractivity (Wildman–Crippen MR) is 97.0 cm³/mol. The number of pyridine rings is 1. The topological polar surface area (TPSA) is 46.5 Å². The Bertz CT molecular complexity index is 687. The summed E-state index contributed by atoms with van der Waals surface area (Å²) in [5.41, 5.74) is 1.76. The van der Waals surface area contributed by atoms with Crippen LogP contribution in [0.5, 0.6) is 0 Å². The molecule has 0 unspecified atom stereocenters. The summed E-state index contributed by atoms with van der Waals surface area (Å²) < 4.78 is 0. The van der Waals surface area contributed by atoms with Gasteiger partial charge in [0.2, 0.25) is 0 Å². The summed E-state index contributed by atoms with van der Waals surface area (Å²) in [6, 6.07) is 9.15. The van der Waals surface area contributed by atoms with Gasteiger partial charge in [-0.3, -0.25) is 0 Å². The maximum absolute atomic E-state index is 6.35. The highest BCUT2D eigenvalue weighted by molar-refractivity contribution is 6.39. The smallest absolute Gasteiger partial charge is 0.130 e. The monoisotopic (exact) mass is 351 g/mol. The van der Waals surface area contributed by atoms with Gasteiger partial charge in [-0.1, -0.05) is 34.4 Å². The Hall–Kier alpha value is -1.78. The van der Waals surface area contributed by atoms with Gasteiger partial charge in [0.25, 0.3) is 0 Å². The highest BCUT2D eigenvalue weighted by Crippen LogP contribution is 2.34. The lowest BCUT2D eigenvalue weighted by Crippen LogP contribution is -2.16. The fourth-order valence-electron chi connectivity index (χ4n) is 1.72. The van der Waals surface area contributed by atoms with Crippen molar-refractivity contribution < 1.29 is 4.84 Å². The van der Waals surface area contributed by atoms with E-state index in [1.165, 1.54) is 0 Å². The molecule has 0 bridgehead atoms. The van der Waals surface area contributed by atoms with Crippen molar-refractivity contribution in [3.05, 3.63) is 52.1 Å². The molecule has 0 saturated carbocycles. The minimum atomic E-state index is -0.352. The maximum atomic E-state index is 6.35. The van der Waals surface area contributed by atoms with E-state index in [0.717, 1.165) is 5.56 Å². The van der Waals surface area contributed by atoms with Gasteiger partial charge in [0.15, 0.2) is 0 Å². The molecule has 0 aliphatic rings. The molecule has 122 valence electrons. The molecular weight excluding hydrogens is 333 g/mol. The van der Waals surface area contributed by atoms with E-state index in [4.69, 9.17) is 28.0 Å². The Labute approximate surface area is 146 Å². The Kier molecular flexibility index (Phi) is 5.50. The second-order valence-electron chi connectivity index (χ2n) is 6.04. The SMILES string of the molecule is CC(=NOC(C)(C)C)c1cc(Cl)c(Nc2ccccn2)c(Cl)c1. The van der Waals surface area contributed by atoms with E-state index in [9.17, 15) is 0 Å². The van der Waals surface area contributed by atoms with Crippen LogP contribution in [0.2, 0.25) is 10.0 Å². The minimum absolute atomic E-state index is 0.352. The molecule has 0 amide bonds. The highest BCUT2D eigenvalue weighted by atomic mass is 35.5. The van der Waals surface area contributed by atoms with Crippen LogP contribution in [-0.4, -0.2) is 16.3 Å². The maximum Gasteiger partial charge on any atom is 0.130 e. The van der Waals surface area contributed by atoms with Crippen LogP contribution in [0, 0.1) is 0 Å². The summed E-state index contributed by atoms with van der Waals surface area (Å²) in [5.74, 6) is 0.672. The number of aromatic nitrogens is 1. The van der Waals surface area contributed by atoms with Gasteiger partial charge in [-0.2, -0.15) is 0 Å². The number of anilines is 2. The van der Waals surface area contributed by atoms with Crippen molar-refractivity contribution in [3.63, 3.8) is 0 Å². The number of nitrogens with one attached hydrogen (secondary N) is 1. The minimum Gasteiger partial charge on any atom is -0.390 e. The van der Waals surface area contributed by atoms with Crippen molar-refractivity contribution in [2.24, 2.45) is 5.16 Å². The average molecular weight is 352 g/mol. The number of hydrogen-bond donors (Lipinski definition) is 1. The van der Waals surface area contributed by atoms with Gasteiger partial charge in [0.1, 0.15) is 11.4 Å². The molecule has 6 heteroatoms. The van der Waals surface area contributed by atoms with Gasteiger partial charge >= 0.3 is 0 Å². The lowest BCUT2D eigenvalue weighted by Gasteiger charge is -2.16. The second kappa shape index (κ2) is 7.20. The normalized spacial score (nSPS) is 12.2. The van der Waals surface area contributed by atoms with E-state index < -0.39 is 0 Å². The molecule has 2 aromatic rings. The number of rotatable bonds is 4. The first kappa shape index (κ1) is 17.6. The fourth-order valence-corrected chi connectivity index (χ4v) is 2.31. The van der Waals surface area contributed by atoms with E-state index in [2.05, 4.69) is 15.5 Å². The summed E-state index contributed by atoms with van der Waals surface area (Å²) in [6.07, 6.45) is 1.69. The number of hydrogen-bond acceptors (Lipinski definition) is 4. The molecule has 1 N–H and O–H groups in total. The van der Waals surface area contributed by atoms with Crippen molar-refractivity contribution in [1.82, 2.24) is 4.98 Å². The number of halogens is 2. The highest BCUT2D eigenvalue weighted by Gasteiger charge is 2.13. The first-order valence-corrected chi connectivity index (χ1v) is 7.92. The van der Waals surface area contributed by atoms with Crippen molar-refractivity contribution >= 4 is 40.4 Å².